The Hall–Kier alpha value is -2.12. The van der Waals surface area contributed by atoms with E-state index in [1.807, 2.05) is 36.1 Å². The van der Waals surface area contributed by atoms with Crippen LogP contribution in [0.15, 0.2) is 34.2 Å². The minimum atomic E-state index is 0.00925. The topological polar surface area (TPSA) is 55.2 Å². The average molecular weight is 482 g/mol. The van der Waals surface area contributed by atoms with Crippen molar-refractivity contribution in [3.8, 4) is 5.69 Å². The molecule has 5 nitrogen and oxygen atoms in total. The molecule has 1 aliphatic carbocycles. The van der Waals surface area contributed by atoms with Crippen molar-refractivity contribution in [2.75, 3.05) is 12.3 Å². The third kappa shape index (κ3) is 4.37. The second-order valence-electron chi connectivity index (χ2n) is 9.29. The number of amides is 1. The van der Waals surface area contributed by atoms with E-state index >= 15 is 0 Å². The van der Waals surface area contributed by atoms with Crippen molar-refractivity contribution < 1.29 is 4.79 Å². The Kier molecular flexibility index (Phi) is 6.61. The number of rotatable bonds is 4. The van der Waals surface area contributed by atoms with Crippen molar-refractivity contribution >= 4 is 39.2 Å². The molecule has 0 bridgehead atoms. The molecule has 3 heterocycles. The number of carbonyl (C=O) groups is 1. The number of hydrogen-bond acceptors (Lipinski definition) is 5. The molecule has 1 fully saturated rings. The van der Waals surface area contributed by atoms with Crippen LogP contribution >= 0.6 is 23.1 Å². The van der Waals surface area contributed by atoms with Gasteiger partial charge in [0.1, 0.15) is 4.83 Å². The van der Waals surface area contributed by atoms with E-state index in [0.29, 0.717) is 10.9 Å². The lowest BCUT2D eigenvalue weighted by atomic mass is 10.0. The summed E-state index contributed by atoms with van der Waals surface area (Å²) >= 11 is 3.08. The number of aromatic nitrogens is 2. The highest BCUT2D eigenvalue weighted by molar-refractivity contribution is 7.99. The average Bonchev–Trinajstić information content (AvgIpc) is 3.00. The van der Waals surface area contributed by atoms with Crippen LogP contribution in [0.2, 0.25) is 0 Å². The first-order chi connectivity index (χ1) is 16.0. The molecule has 1 saturated heterocycles. The summed E-state index contributed by atoms with van der Waals surface area (Å²) in [7, 11) is 0. The predicted molar refractivity (Wildman–Crippen MR) is 137 cm³/mol. The molecule has 5 rings (SSSR count). The first-order valence-corrected chi connectivity index (χ1v) is 13.9. The minimum Gasteiger partial charge on any atom is -0.339 e. The molecule has 174 valence electrons. The van der Waals surface area contributed by atoms with Crippen LogP contribution < -0.4 is 5.56 Å². The number of hydrogen-bond donors (Lipinski definition) is 0. The first kappa shape index (κ1) is 22.7. The largest absolute Gasteiger partial charge is 0.339 e. The van der Waals surface area contributed by atoms with Gasteiger partial charge in [0.15, 0.2) is 5.16 Å². The Labute approximate surface area is 203 Å². The van der Waals surface area contributed by atoms with Crippen molar-refractivity contribution in [2.24, 2.45) is 0 Å². The van der Waals surface area contributed by atoms with Crippen LogP contribution in [0.4, 0.5) is 0 Å². The molecule has 0 spiro atoms. The van der Waals surface area contributed by atoms with E-state index in [4.69, 9.17) is 4.98 Å². The molecule has 1 aromatic carbocycles. The third-order valence-corrected chi connectivity index (χ3v) is 9.12. The molecular formula is C26H31N3O2S2. The van der Waals surface area contributed by atoms with Gasteiger partial charge in [-0.05, 0) is 76.0 Å². The zero-order valence-electron chi connectivity index (χ0n) is 19.4. The standard InChI is InChI=1S/C26H31N3O2S2/c1-17-10-6-7-13-20(17)29-25(31)23-19-12-4-3-5-14-21(19)33-24(23)27-26(29)32-16-22(30)28-15-9-8-11-18(28)2/h6-7,10,13,18H,3-5,8-9,11-12,14-16H2,1-2H3. The quantitative estimate of drug-likeness (QED) is 0.280. The number of thiophene rings is 1. The number of piperidine rings is 1. The van der Waals surface area contributed by atoms with Gasteiger partial charge in [-0.15, -0.1) is 11.3 Å². The number of para-hydroxylation sites is 1. The van der Waals surface area contributed by atoms with Gasteiger partial charge in [-0.3, -0.25) is 14.2 Å². The Morgan fingerprint density at radius 1 is 1.15 bits per heavy atom. The van der Waals surface area contributed by atoms with Crippen LogP contribution in [0.5, 0.6) is 0 Å². The van der Waals surface area contributed by atoms with E-state index < -0.39 is 0 Å². The van der Waals surface area contributed by atoms with Gasteiger partial charge in [-0.2, -0.15) is 0 Å². The van der Waals surface area contributed by atoms with Crippen molar-refractivity contribution in [2.45, 2.75) is 76.4 Å². The van der Waals surface area contributed by atoms with Crippen molar-refractivity contribution in [3.63, 3.8) is 0 Å². The summed E-state index contributed by atoms with van der Waals surface area (Å²) in [4.78, 5) is 36.2. The first-order valence-electron chi connectivity index (χ1n) is 12.1. The highest BCUT2D eigenvalue weighted by Crippen LogP contribution is 2.35. The molecule has 33 heavy (non-hydrogen) atoms. The van der Waals surface area contributed by atoms with Crippen LogP contribution in [-0.2, 0) is 17.6 Å². The molecule has 1 unspecified atom stereocenters. The lowest BCUT2D eigenvalue weighted by Gasteiger charge is -2.33. The summed E-state index contributed by atoms with van der Waals surface area (Å²) in [6.45, 7) is 4.98. The maximum atomic E-state index is 14.0. The monoisotopic (exact) mass is 481 g/mol. The summed E-state index contributed by atoms with van der Waals surface area (Å²) < 4.78 is 1.76. The molecular weight excluding hydrogens is 450 g/mol. The van der Waals surface area contributed by atoms with E-state index in [1.165, 1.54) is 41.5 Å². The number of fused-ring (bicyclic) bond motifs is 3. The van der Waals surface area contributed by atoms with Crippen LogP contribution in [0.25, 0.3) is 15.9 Å². The lowest BCUT2D eigenvalue weighted by molar-refractivity contribution is -0.131. The van der Waals surface area contributed by atoms with E-state index in [0.717, 1.165) is 60.1 Å². The van der Waals surface area contributed by atoms with Crippen molar-refractivity contribution in [1.29, 1.82) is 0 Å². The number of aryl methyl sites for hydroxylation is 3. The van der Waals surface area contributed by atoms with Gasteiger partial charge >= 0.3 is 0 Å². The minimum absolute atomic E-state index is 0.00925. The van der Waals surface area contributed by atoms with Crippen molar-refractivity contribution in [3.05, 3.63) is 50.6 Å². The molecule has 7 heteroatoms. The highest BCUT2D eigenvalue weighted by atomic mass is 32.2. The fourth-order valence-electron chi connectivity index (χ4n) is 5.16. The molecule has 0 N–H and O–H groups in total. The molecule has 1 amide bonds. The van der Waals surface area contributed by atoms with Crippen LogP contribution in [0, 0.1) is 6.92 Å². The smallest absolute Gasteiger partial charge is 0.267 e. The van der Waals surface area contributed by atoms with E-state index in [-0.39, 0.29) is 17.5 Å². The fraction of sp³-hybridized carbons (Fsp3) is 0.500. The SMILES string of the molecule is Cc1ccccc1-n1c(SCC(=O)N2CCCCC2C)nc2sc3c(c2c1=O)CCCCC3. The van der Waals surface area contributed by atoms with Gasteiger partial charge in [-0.25, -0.2) is 4.98 Å². The number of likely N-dealkylation sites (tertiary alicyclic amines) is 1. The van der Waals surface area contributed by atoms with Gasteiger partial charge in [0, 0.05) is 17.5 Å². The lowest BCUT2D eigenvalue weighted by Crippen LogP contribution is -2.43. The van der Waals surface area contributed by atoms with Gasteiger partial charge in [0.05, 0.1) is 16.8 Å². The summed E-state index contributed by atoms with van der Waals surface area (Å²) in [6.07, 6.45) is 8.83. The molecule has 2 aromatic heterocycles. The second-order valence-corrected chi connectivity index (χ2v) is 11.3. The number of benzene rings is 1. The Bertz CT molecular complexity index is 1250. The maximum absolute atomic E-state index is 14.0. The number of nitrogens with zero attached hydrogens (tertiary/aromatic N) is 3. The van der Waals surface area contributed by atoms with Crippen LogP contribution in [0.3, 0.4) is 0 Å². The zero-order valence-corrected chi connectivity index (χ0v) is 21.1. The number of thioether (sulfide) groups is 1. The van der Waals surface area contributed by atoms with Gasteiger partial charge in [0.2, 0.25) is 5.91 Å². The fourth-order valence-corrected chi connectivity index (χ4v) is 7.36. The van der Waals surface area contributed by atoms with Crippen molar-refractivity contribution in [1.82, 2.24) is 14.5 Å². The van der Waals surface area contributed by atoms with Gasteiger partial charge in [-0.1, -0.05) is 36.4 Å². The Morgan fingerprint density at radius 3 is 2.79 bits per heavy atom. The Morgan fingerprint density at radius 2 is 1.97 bits per heavy atom. The van der Waals surface area contributed by atoms with E-state index in [2.05, 4.69) is 6.92 Å². The molecule has 1 aliphatic heterocycles. The maximum Gasteiger partial charge on any atom is 0.267 e. The summed E-state index contributed by atoms with van der Waals surface area (Å²) in [5.74, 6) is 0.444. The molecule has 1 atom stereocenters. The predicted octanol–water partition coefficient (Wildman–Crippen LogP) is 5.52. The zero-order chi connectivity index (χ0) is 22.9. The summed E-state index contributed by atoms with van der Waals surface area (Å²) in [6, 6.07) is 8.24. The summed E-state index contributed by atoms with van der Waals surface area (Å²) in [5, 5.41) is 1.41. The molecule has 0 radical (unpaired) electrons. The van der Waals surface area contributed by atoms with Gasteiger partial charge in [0.25, 0.3) is 5.56 Å². The Balaban J connectivity index is 1.58. The molecule has 0 saturated carbocycles. The normalized spacial score (nSPS) is 18.8. The van der Waals surface area contributed by atoms with Crippen LogP contribution in [-0.4, -0.2) is 38.7 Å². The van der Waals surface area contributed by atoms with Crippen LogP contribution in [0.1, 0.15) is 61.5 Å². The van der Waals surface area contributed by atoms with Gasteiger partial charge < -0.3 is 4.90 Å². The molecule has 2 aliphatic rings. The van der Waals surface area contributed by atoms with E-state index in [1.54, 1.807) is 15.9 Å². The third-order valence-electron chi connectivity index (χ3n) is 7.01. The second kappa shape index (κ2) is 9.63. The highest BCUT2D eigenvalue weighted by Gasteiger charge is 2.26. The summed E-state index contributed by atoms with van der Waals surface area (Å²) in [5.41, 5.74) is 3.10. The number of carbonyl (C=O) groups excluding carboxylic acids is 1. The molecule has 3 aromatic rings. The van der Waals surface area contributed by atoms with E-state index in [9.17, 15) is 9.59 Å².